The lowest BCUT2D eigenvalue weighted by molar-refractivity contribution is -0.120. The molecule has 3 atom stereocenters. The molecule has 2 saturated heterocycles. The second-order valence-electron chi connectivity index (χ2n) is 5.52. The number of anilines is 1. The summed E-state index contributed by atoms with van der Waals surface area (Å²) in [5.74, 6) is 0.269. The minimum Gasteiger partial charge on any atom is -0.309 e. The van der Waals surface area contributed by atoms with Crippen molar-refractivity contribution in [2.45, 2.75) is 31.3 Å². The van der Waals surface area contributed by atoms with E-state index in [1.54, 1.807) is 29.2 Å². The van der Waals surface area contributed by atoms with Crippen LogP contribution in [0.25, 0.3) is 0 Å². The number of hydrogen-bond acceptors (Lipinski definition) is 2. The molecule has 98 valence electrons. The van der Waals surface area contributed by atoms with Gasteiger partial charge in [0, 0.05) is 11.1 Å². The Balaban J connectivity index is 1.75. The number of fused-ring (bicyclic) bond motifs is 5. The minimum atomic E-state index is -0.231. The van der Waals surface area contributed by atoms with E-state index in [1.807, 2.05) is 0 Å². The Morgan fingerprint density at radius 1 is 1.21 bits per heavy atom. The van der Waals surface area contributed by atoms with Crippen LogP contribution in [0, 0.1) is 5.92 Å². The minimum absolute atomic E-state index is 0.0838. The Labute approximate surface area is 115 Å². The van der Waals surface area contributed by atoms with Crippen LogP contribution in [-0.2, 0) is 4.79 Å². The molecule has 1 aliphatic carbocycles. The third-order valence-corrected chi connectivity index (χ3v) is 4.77. The molecule has 1 saturated carbocycles. The molecule has 19 heavy (non-hydrogen) atoms. The van der Waals surface area contributed by atoms with Gasteiger partial charge in [-0.1, -0.05) is 17.7 Å². The van der Waals surface area contributed by atoms with E-state index < -0.39 is 0 Å². The quantitative estimate of drug-likeness (QED) is 0.740. The molecule has 4 rings (SSSR count). The van der Waals surface area contributed by atoms with Gasteiger partial charge >= 0.3 is 6.03 Å². The second-order valence-corrected chi connectivity index (χ2v) is 5.95. The number of carbonyl (C=O) groups excluding carboxylic acids is 2. The highest BCUT2D eigenvalue weighted by Gasteiger charge is 2.59. The zero-order valence-electron chi connectivity index (χ0n) is 10.3. The normalized spacial score (nSPS) is 32.4. The van der Waals surface area contributed by atoms with Gasteiger partial charge in [0.15, 0.2) is 0 Å². The van der Waals surface area contributed by atoms with Crippen molar-refractivity contribution in [3.63, 3.8) is 0 Å². The average molecular weight is 277 g/mol. The molecule has 1 aromatic carbocycles. The highest BCUT2D eigenvalue weighted by Crippen LogP contribution is 2.47. The highest BCUT2D eigenvalue weighted by molar-refractivity contribution is 6.31. The zero-order chi connectivity index (χ0) is 13.1. The molecule has 1 aromatic rings. The number of hydrogen-bond donors (Lipinski definition) is 0. The number of rotatable bonds is 1. The summed E-state index contributed by atoms with van der Waals surface area (Å²) in [5, 5.41) is 0.535. The van der Waals surface area contributed by atoms with Crippen molar-refractivity contribution in [2.24, 2.45) is 5.92 Å². The topological polar surface area (TPSA) is 40.6 Å². The van der Waals surface area contributed by atoms with Crippen LogP contribution in [0.3, 0.4) is 0 Å². The van der Waals surface area contributed by atoms with Crippen molar-refractivity contribution in [3.05, 3.63) is 29.3 Å². The monoisotopic (exact) mass is 276 g/mol. The number of nitrogens with zero attached hydrogens (tertiary/aromatic N) is 2. The Hall–Kier alpha value is -1.55. The first-order chi connectivity index (χ1) is 9.16. The summed E-state index contributed by atoms with van der Waals surface area (Å²) >= 11 is 5.95. The summed E-state index contributed by atoms with van der Waals surface area (Å²) in [6.07, 6.45) is 3.09. The number of carbonyl (C=O) groups is 2. The Morgan fingerprint density at radius 2 is 2.05 bits per heavy atom. The maximum absolute atomic E-state index is 12.5. The van der Waals surface area contributed by atoms with Crippen molar-refractivity contribution in [2.75, 3.05) is 4.90 Å². The largest absolute Gasteiger partial charge is 0.332 e. The van der Waals surface area contributed by atoms with Crippen molar-refractivity contribution in [3.8, 4) is 0 Å². The number of piperidine rings is 1. The first kappa shape index (κ1) is 11.3. The van der Waals surface area contributed by atoms with Crippen molar-refractivity contribution in [1.29, 1.82) is 0 Å². The summed E-state index contributed by atoms with van der Waals surface area (Å²) in [6, 6.07) is 6.77. The van der Waals surface area contributed by atoms with Gasteiger partial charge in [-0.3, -0.25) is 4.79 Å². The van der Waals surface area contributed by atoms with Gasteiger partial charge in [-0.25, -0.2) is 9.69 Å². The lowest BCUT2D eigenvalue weighted by Gasteiger charge is -2.25. The Kier molecular flexibility index (Phi) is 2.22. The number of imide groups is 1. The van der Waals surface area contributed by atoms with Crippen LogP contribution in [0.15, 0.2) is 24.3 Å². The van der Waals surface area contributed by atoms with E-state index in [0.29, 0.717) is 16.6 Å². The summed E-state index contributed by atoms with van der Waals surface area (Å²) in [4.78, 5) is 28.1. The average Bonchev–Trinajstić information content (AvgIpc) is 3.04. The van der Waals surface area contributed by atoms with E-state index in [9.17, 15) is 9.59 Å². The van der Waals surface area contributed by atoms with E-state index >= 15 is 0 Å². The third-order valence-electron chi connectivity index (χ3n) is 4.54. The van der Waals surface area contributed by atoms with Crippen molar-refractivity contribution < 1.29 is 9.59 Å². The molecular formula is C14H13ClN2O2. The molecule has 2 heterocycles. The van der Waals surface area contributed by atoms with Crippen LogP contribution in [0.4, 0.5) is 10.5 Å². The van der Waals surface area contributed by atoms with Gasteiger partial charge in [0.05, 0.1) is 5.69 Å². The standard InChI is InChI=1S/C14H13ClN2O2/c15-9-2-1-3-10(7-9)17-13(18)12-8-4-5-11(6-8)16(12)14(17)19/h1-3,7-8,11-12H,4-6H2/t8-,11+,12+/m0/s1. The number of benzene rings is 1. The number of urea groups is 1. The Bertz CT molecular complexity index is 561. The molecule has 3 fully saturated rings. The molecular weight excluding hydrogens is 264 g/mol. The van der Waals surface area contributed by atoms with E-state index in [2.05, 4.69) is 0 Å². The molecule has 3 amide bonds. The molecule has 0 N–H and O–H groups in total. The first-order valence-corrected chi connectivity index (χ1v) is 6.96. The molecule has 2 aliphatic heterocycles. The molecule has 0 radical (unpaired) electrons. The van der Waals surface area contributed by atoms with Gasteiger partial charge in [-0.05, 0) is 43.4 Å². The smallest absolute Gasteiger partial charge is 0.309 e. The first-order valence-electron chi connectivity index (χ1n) is 6.58. The molecule has 0 aromatic heterocycles. The molecule has 4 nitrogen and oxygen atoms in total. The summed E-state index contributed by atoms with van der Waals surface area (Å²) in [6.45, 7) is 0. The molecule has 0 spiro atoms. The van der Waals surface area contributed by atoms with E-state index in [0.717, 1.165) is 19.3 Å². The molecule has 2 bridgehead atoms. The van der Waals surface area contributed by atoms with Gasteiger partial charge < -0.3 is 4.90 Å². The van der Waals surface area contributed by atoms with E-state index in [4.69, 9.17) is 11.6 Å². The Morgan fingerprint density at radius 3 is 2.79 bits per heavy atom. The number of amides is 3. The van der Waals surface area contributed by atoms with Crippen molar-refractivity contribution in [1.82, 2.24) is 4.90 Å². The van der Waals surface area contributed by atoms with Crippen LogP contribution in [0.1, 0.15) is 19.3 Å². The fraction of sp³-hybridized carbons (Fsp3) is 0.429. The van der Waals surface area contributed by atoms with Crippen LogP contribution < -0.4 is 4.90 Å². The van der Waals surface area contributed by atoms with Gasteiger partial charge in [-0.15, -0.1) is 0 Å². The van der Waals surface area contributed by atoms with Gasteiger partial charge in [0.1, 0.15) is 6.04 Å². The van der Waals surface area contributed by atoms with Gasteiger partial charge in [-0.2, -0.15) is 0 Å². The van der Waals surface area contributed by atoms with Crippen molar-refractivity contribution >= 4 is 29.2 Å². The lowest BCUT2D eigenvalue weighted by atomic mass is 9.99. The maximum atomic E-state index is 12.5. The highest BCUT2D eigenvalue weighted by atomic mass is 35.5. The third kappa shape index (κ3) is 1.40. The fourth-order valence-electron chi connectivity index (χ4n) is 3.78. The van der Waals surface area contributed by atoms with Crippen LogP contribution in [0.2, 0.25) is 5.02 Å². The second kappa shape index (κ2) is 3.73. The lowest BCUT2D eigenvalue weighted by Crippen LogP contribution is -2.40. The fourth-order valence-corrected chi connectivity index (χ4v) is 3.96. The summed E-state index contributed by atoms with van der Waals surface area (Å²) < 4.78 is 0. The maximum Gasteiger partial charge on any atom is 0.332 e. The SMILES string of the molecule is O=C1[C@H]2[C@H]3CC[C@H](C3)N2C(=O)N1c1cccc(Cl)c1. The van der Waals surface area contributed by atoms with Crippen LogP contribution in [0.5, 0.6) is 0 Å². The molecule has 3 aliphatic rings. The predicted molar refractivity (Wildman–Crippen MR) is 71.1 cm³/mol. The van der Waals surface area contributed by atoms with Gasteiger partial charge in [0.25, 0.3) is 5.91 Å². The summed E-state index contributed by atoms with van der Waals surface area (Å²) in [5.41, 5.74) is 0.580. The van der Waals surface area contributed by atoms with E-state index in [-0.39, 0.29) is 24.0 Å². The van der Waals surface area contributed by atoms with E-state index in [1.165, 1.54) is 4.90 Å². The molecule has 0 unspecified atom stereocenters. The zero-order valence-corrected chi connectivity index (χ0v) is 11.0. The summed E-state index contributed by atoms with van der Waals surface area (Å²) in [7, 11) is 0. The van der Waals surface area contributed by atoms with Crippen LogP contribution >= 0.6 is 11.6 Å². The number of halogens is 1. The molecule has 5 heteroatoms. The predicted octanol–water partition coefficient (Wildman–Crippen LogP) is 2.66. The van der Waals surface area contributed by atoms with Crippen LogP contribution in [-0.4, -0.2) is 28.9 Å². The van der Waals surface area contributed by atoms with Gasteiger partial charge in [0.2, 0.25) is 0 Å².